The third-order valence-corrected chi connectivity index (χ3v) is 13.7. The first-order chi connectivity index (χ1) is 15.6. The van der Waals surface area contributed by atoms with Crippen molar-refractivity contribution in [3.05, 3.63) is 51.5 Å². The van der Waals surface area contributed by atoms with Gasteiger partial charge in [0.15, 0.2) is 0 Å². The Morgan fingerprint density at radius 3 is 2.47 bits per heavy atom. The molecule has 1 aromatic carbocycles. The number of sulfone groups is 1. The number of ketones is 1. The van der Waals surface area contributed by atoms with Crippen molar-refractivity contribution in [3.63, 3.8) is 0 Å². The molecule has 184 valence electrons. The van der Waals surface area contributed by atoms with E-state index in [1.54, 1.807) is 32.9 Å². The predicted octanol–water partition coefficient (Wildman–Crippen LogP) is 3.59. The molecule has 0 N–H and O–H groups in total. The molecule has 7 nitrogen and oxygen atoms in total. The summed E-state index contributed by atoms with van der Waals surface area (Å²) in [5.74, 6) is -1.77. The van der Waals surface area contributed by atoms with E-state index in [4.69, 9.17) is 9.47 Å². The van der Waals surface area contributed by atoms with Gasteiger partial charge in [-0.15, -0.1) is 0 Å². The minimum atomic E-state index is -3.76. The van der Waals surface area contributed by atoms with Crippen LogP contribution in [0.1, 0.15) is 38.7 Å². The van der Waals surface area contributed by atoms with Gasteiger partial charge in [-0.05, 0) is 0 Å². The van der Waals surface area contributed by atoms with Crippen molar-refractivity contribution in [2.24, 2.45) is 0 Å². The monoisotopic (exact) mass is 599 g/mol. The number of rotatable bonds is 2. The molecule has 0 bridgehead atoms. The summed E-state index contributed by atoms with van der Waals surface area (Å²) in [7, 11) is -3.76. The number of nitrogens with zero attached hydrogens (tertiary/aromatic N) is 1. The second kappa shape index (κ2) is 8.44. The van der Waals surface area contributed by atoms with Crippen LogP contribution in [0.25, 0.3) is 0 Å². The van der Waals surface area contributed by atoms with Crippen LogP contribution in [-0.4, -0.2) is 68.1 Å². The van der Waals surface area contributed by atoms with Gasteiger partial charge in [-0.1, -0.05) is 0 Å². The molecule has 3 aliphatic heterocycles. The second-order valence-electron chi connectivity index (χ2n) is 10.9. The first-order valence-electron chi connectivity index (χ1n) is 11.2. The van der Waals surface area contributed by atoms with Crippen molar-refractivity contribution < 1.29 is 31.9 Å². The van der Waals surface area contributed by atoms with Crippen LogP contribution in [0.4, 0.5) is 9.18 Å². The van der Waals surface area contributed by atoms with Crippen LogP contribution in [-0.2, 0) is 24.1 Å². The predicted molar refractivity (Wildman–Crippen MR) is 128 cm³/mol. The van der Waals surface area contributed by atoms with Gasteiger partial charge in [0, 0.05) is 0 Å². The van der Waals surface area contributed by atoms with Crippen molar-refractivity contribution in [1.82, 2.24) is 4.90 Å². The molecule has 0 saturated carbocycles. The Labute approximate surface area is 203 Å². The van der Waals surface area contributed by atoms with E-state index < -0.39 is 51.6 Å². The fraction of sp³-hybridized carbons (Fsp3) is 0.500. The van der Waals surface area contributed by atoms with Crippen LogP contribution in [0.3, 0.4) is 0 Å². The molecule has 0 spiro atoms. The van der Waals surface area contributed by atoms with E-state index in [2.05, 4.69) is 14.8 Å². The number of benzene rings is 1. The van der Waals surface area contributed by atoms with Crippen LogP contribution in [0.2, 0.25) is 14.8 Å². The number of carbonyl (C=O) groups excluding carboxylic acids is 2. The minimum absolute atomic E-state index is 0.0276. The summed E-state index contributed by atoms with van der Waals surface area (Å²) in [6.45, 7) is 4.91. The standard InChI is InChI=1S/C21H21FNO6S.3CH3.Sn/c1-21(2,3)29-20(25)23-14-8-9-30(26,27)19(14)17(12-4-6-13(22)7-5-12)18-15(23)10-28-11-16(18)24;;;;/h4-6,17H,8-11H2,1-3H3;3*1H3;. The summed E-state index contributed by atoms with van der Waals surface area (Å²) in [6, 6.07) is 4.64. The summed E-state index contributed by atoms with van der Waals surface area (Å²) < 4.78 is 53.0. The number of hydrogen-bond donors (Lipinski definition) is 0. The van der Waals surface area contributed by atoms with Gasteiger partial charge in [0.1, 0.15) is 0 Å². The normalized spacial score (nSPS) is 22.6. The average molecular weight is 598 g/mol. The molecular weight excluding hydrogens is 568 g/mol. The number of amides is 1. The molecule has 4 rings (SSSR count). The molecule has 1 amide bonds. The molecular formula is C24H30FNO6SSn. The quantitative estimate of drug-likeness (QED) is 0.484. The summed E-state index contributed by atoms with van der Waals surface area (Å²) in [5, 5.41) is 0. The maximum atomic E-state index is 14.7. The molecule has 0 aliphatic carbocycles. The van der Waals surface area contributed by atoms with Crippen LogP contribution >= 0.6 is 0 Å². The first kappa shape index (κ1) is 25.4. The van der Waals surface area contributed by atoms with Gasteiger partial charge < -0.3 is 0 Å². The maximum absolute atomic E-state index is 14.7. The zero-order chi connectivity index (χ0) is 25.2. The summed E-state index contributed by atoms with van der Waals surface area (Å²) in [6.07, 6.45) is -0.627. The third-order valence-electron chi connectivity index (χ3n) is 6.11. The number of halogens is 1. The fourth-order valence-corrected chi connectivity index (χ4v) is 10.6. The first-order valence-corrected chi connectivity index (χ1v) is 22.9. The van der Waals surface area contributed by atoms with Crippen LogP contribution in [0.5, 0.6) is 0 Å². The van der Waals surface area contributed by atoms with Crippen LogP contribution < -0.4 is 3.58 Å². The SMILES string of the molecule is CC(C)(C)OC(=O)N1C2=C(C(=O)COC2)C(c2ccc(F)[c]([Sn]([CH3])([CH3])[CH3])c2)C2=C1CCS2(=O)=O. The van der Waals surface area contributed by atoms with Crippen molar-refractivity contribution in [2.45, 2.75) is 53.5 Å². The molecule has 10 heteroatoms. The van der Waals surface area contributed by atoms with Crippen molar-refractivity contribution >= 4 is 43.7 Å². The second-order valence-corrected chi connectivity index (χ2v) is 27.4. The van der Waals surface area contributed by atoms with Crippen molar-refractivity contribution in [3.8, 4) is 0 Å². The molecule has 34 heavy (non-hydrogen) atoms. The van der Waals surface area contributed by atoms with E-state index in [0.29, 0.717) is 20.5 Å². The molecule has 1 unspecified atom stereocenters. The van der Waals surface area contributed by atoms with Crippen molar-refractivity contribution in [2.75, 3.05) is 19.0 Å². The van der Waals surface area contributed by atoms with E-state index in [-0.39, 0.29) is 41.7 Å². The Hall–Kier alpha value is -1.72. The zero-order valence-corrected chi connectivity index (χ0v) is 24.0. The van der Waals surface area contributed by atoms with Crippen LogP contribution in [0, 0.1) is 5.82 Å². The molecule has 0 aromatic heterocycles. The van der Waals surface area contributed by atoms with E-state index in [0.717, 1.165) is 0 Å². The third kappa shape index (κ3) is 4.46. The zero-order valence-electron chi connectivity index (χ0n) is 20.3. The molecule has 1 aromatic rings. The van der Waals surface area contributed by atoms with E-state index >= 15 is 0 Å². The molecule has 1 atom stereocenters. The van der Waals surface area contributed by atoms with E-state index in [1.165, 1.54) is 11.0 Å². The Kier molecular flexibility index (Phi) is 6.30. The molecule has 0 saturated heterocycles. The Morgan fingerprint density at radius 1 is 1.18 bits per heavy atom. The van der Waals surface area contributed by atoms with E-state index in [9.17, 15) is 22.4 Å². The van der Waals surface area contributed by atoms with Gasteiger partial charge in [-0.25, -0.2) is 0 Å². The van der Waals surface area contributed by atoms with Gasteiger partial charge in [0.2, 0.25) is 0 Å². The Balaban J connectivity index is 1.99. The van der Waals surface area contributed by atoms with Gasteiger partial charge in [-0.3, -0.25) is 0 Å². The fourth-order valence-electron chi connectivity index (χ4n) is 4.72. The summed E-state index contributed by atoms with van der Waals surface area (Å²) >= 11 is -2.92. The Morgan fingerprint density at radius 2 is 1.85 bits per heavy atom. The number of allylic oxidation sites excluding steroid dienone is 2. The van der Waals surface area contributed by atoms with Gasteiger partial charge in [0.05, 0.1) is 0 Å². The van der Waals surface area contributed by atoms with Crippen molar-refractivity contribution in [1.29, 1.82) is 0 Å². The number of hydrogen-bond acceptors (Lipinski definition) is 6. The molecule has 0 radical (unpaired) electrons. The van der Waals surface area contributed by atoms with Gasteiger partial charge in [0.25, 0.3) is 0 Å². The van der Waals surface area contributed by atoms with Crippen LogP contribution in [0.15, 0.2) is 40.1 Å². The molecule has 0 fully saturated rings. The molecule has 3 aliphatic rings. The van der Waals surface area contributed by atoms with Gasteiger partial charge in [-0.2, -0.15) is 0 Å². The Bertz CT molecular complexity index is 1250. The number of Topliss-reactive ketones (excluding diaryl/α,β-unsaturated/α-hetero) is 1. The topological polar surface area (TPSA) is 90.0 Å². The van der Waals surface area contributed by atoms with E-state index in [1.807, 2.05) is 0 Å². The molecule has 3 heterocycles. The van der Waals surface area contributed by atoms with Gasteiger partial charge >= 0.3 is 204 Å². The summed E-state index contributed by atoms with van der Waals surface area (Å²) in [5.41, 5.74) is 0.548. The summed E-state index contributed by atoms with van der Waals surface area (Å²) in [4.78, 5) is 33.9. The average Bonchev–Trinajstić information content (AvgIpc) is 3.00. The number of ether oxygens (including phenoxy) is 2. The number of carbonyl (C=O) groups is 2.